The van der Waals surface area contributed by atoms with Crippen LogP contribution in [0.2, 0.25) is 0 Å². The average Bonchev–Trinajstić information content (AvgIpc) is 3.38. The van der Waals surface area contributed by atoms with E-state index in [9.17, 15) is 0 Å². The Bertz CT molecular complexity index is 974. The topological polar surface area (TPSA) is 51.5 Å². The van der Waals surface area contributed by atoms with Gasteiger partial charge in [0.25, 0.3) is 0 Å². The quantitative estimate of drug-likeness (QED) is 0.556. The molecule has 1 aliphatic heterocycles. The Labute approximate surface area is 182 Å². The second kappa shape index (κ2) is 9.28. The standard InChI is InChI=1S/C23H26N4O2S/c1-3-29-18-11-9-17(10-12-18)26-14-6-8-20(26)22-21(19-7-4-5-13-24-19)25-23(30)27(22)15-16-28-2/h4-14,21-22H,3,15-16H2,1-2H3,(H,25,30)/t21-,22-/m0/s1. The fourth-order valence-electron chi connectivity index (χ4n) is 3.90. The molecule has 3 heterocycles. The van der Waals surface area contributed by atoms with Crippen molar-refractivity contribution in [3.8, 4) is 11.4 Å². The number of nitrogens with one attached hydrogen (secondary N) is 1. The molecule has 2 aromatic heterocycles. The molecule has 0 spiro atoms. The van der Waals surface area contributed by atoms with Crippen LogP contribution in [0.5, 0.6) is 5.75 Å². The third kappa shape index (κ3) is 4.04. The maximum absolute atomic E-state index is 5.69. The van der Waals surface area contributed by atoms with Crippen molar-refractivity contribution in [3.63, 3.8) is 0 Å². The summed E-state index contributed by atoms with van der Waals surface area (Å²) in [5.74, 6) is 0.867. The summed E-state index contributed by atoms with van der Waals surface area (Å²) in [4.78, 5) is 6.79. The average molecular weight is 423 g/mol. The summed E-state index contributed by atoms with van der Waals surface area (Å²) < 4.78 is 13.1. The molecule has 1 N–H and O–H groups in total. The van der Waals surface area contributed by atoms with Crippen LogP contribution in [-0.4, -0.2) is 46.4 Å². The summed E-state index contributed by atoms with van der Waals surface area (Å²) in [6.45, 7) is 3.93. The fraction of sp³-hybridized carbons (Fsp3) is 0.304. The molecule has 1 fully saturated rings. The van der Waals surface area contributed by atoms with E-state index in [0.717, 1.165) is 22.8 Å². The van der Waals surface area contributed by atoms with Gasteiger partial charge in [-0.1, -0.05) is 6.07 Å². The van der Waals surface area contributed by atoms with E-state index in [-0.39, 0.29) is 12.1 Å². The second-order valence-electron chi connectivity index (χ2n) is 7.04. The maximum Gasteiger partial charge on any atom is 0.170 e. The van der Waals surface area contributed by atoms with E-state index in [2.05, 4.69) is 50.2 Å². The Kier molecular flexibility index (Phi) is 6.30. The highest BCUT2D eigenvalue weighted by atomic mass is 32.1. The summed E-state index contributed by atoms with van der Waals surface area (Å²) in [7, 11) is 1.71. The van der Waals surface area contributed by atoms with Crippen LogP contribution in [0, 0.1) is 0 Å². The Morgan fingerprint density at radius 3 is 2.63 bits per heavy atom. The molecular formula is C23H26N4O2S. The molecule has 0 radical (unpaired) electrons. The zero-order chi connectivity index (χ0) is 20.9. The first-order valence-electron chi connectivity index (χ1n) is 10.1. The lowest BCUT2D eigenvalue weighted by atomic mass is 10.0. The van der Waals surface area contributed by atoms with Gasteiger partial charge in [0.1, 0.15) is 5.75 Å². The molecule has 2 atom stereocenters. The molecular weight excluding hydrogens is 396 g/mol. The number of aromatic nitrogens is 2. The minimum absolute atomic E-state index is 0.0101. The predicted octanol–water partition coefficient (Wildman–Crippen LogP) is 3.89. The molecule has 0 saturated carbocycles. The van der Waals surface area contributed by atoms with E-state index in [4.69, 9.17) is 21.7 Å². The van der Waals surface area contributed by atoms with Crippen LogP contribution in [0.25, 0.3) is 5.69 Å². The minimum Gasteiger partial charge on any atom is -0.494 e. The first kappa shape index (κ1) is 20.4. The SMILES string of the molecule is CCOc1ccc(-n2cccc2[C@H]2[C@H](c3ccccn3)NC(=S)N2CCOC)cc1. The van der Waals surface area contributed by atoms with Crippen LogP contribution < -0.4 is 10.1 Å². The lowest BCUT2D eigenvalue weighted by molar-refractivity contribution is 0.163. The molecule has 0 amide bonds. The Balaban J connectivity index is 1.73. The van der Waals surface area contributed by atoms with Crippen LogP contribution in [0.15, 0.2) is 67.0 Å². The summed E-state index contributed by atoms with van der Waals surface area (Å²) in [5.41, 5.74) is 3.17. The maximum atomic E-state index is 5.69. The molecule has 0 aliphatic carbocycles. The van der Waals surface area contributed by atoms with Gasteiger partial charge in [-0.05, 0) is 67.7 Å². The molecule has 1 saturated heterocycles. The first-order valence-corrected chi connectivity index (χ1v) is 10.5. The molecule has 4 rings (SSSR count). The Hall–Kier alpha value is -2.90. The van der Waals surface area contributed by atoms with Crippen molar-refractivity contribution < 1.29 is 9.47 Å². The van der Waals surface area contributed by atoms with Gasteiger partial charge >= 0.3 is 0 Å². The van der Waals surface area contributed by atoms with E-state index in [1.807, 2.05) is 43.5 Å². The molecule has 0 bridgehead atoms. The van der Waals surface area contributed by atoms with Crippen molar-refractivity contribution in [2.75, 3.05) is 26.9 Å². The number of hydrogen-bond donors (Lipinski definition) is 1. The largest absolute Gasteiger partial charge is 0.494 e. The van der Waals surface area contributed by atoms with Crippen molar-refractivity contribution in [2.45, 2.75) is 19.0 Å². The second-order valence-corrected chi connectivity index (χ2v) is 7.43. The van der Waals surface area contributed by atoms with Crippen LogP contribution >= 0.6 is 12.2 Å². The van der Waals surface area contributed by atoms with E-state index in [1.165, 1.54) is 0 Å². The number of pyridine rings is 1. The van der Waals surface area contributed by atoms with Gasteiger partial charge in [-0.25, -0.2) is 0 Å². The minimum atomic E-state index is -0.0492. The van der Waals surface area contributed by atoms with Crippen LogP contribution in [-0.2, 0) is 4.74 Å². The van der Waals surface area contributed by atoms with Crippen molar-refractivity contribution in [2.24, 2.45) is 0 Å². The number of rotatable bonds is 8. The van der Waals surface area contributed by atoms with Gasteiger partial charge in [-0.3, -0.25) is 4.98 Å². The fourth-order valence-corrected chi connectivity index (χ4v) is 4.23. The van der Waals surface area contributed by atoms with Gasteiger partial charge in [-0.15, -0.1) is 0 Å². The predicted molar refractivity (Wildman–Crippen MR) is 121 cm³/mol. The molecule has 156 valence electrons. The zero-order valence-electron chi connectivity index (χ0n) is 17.2. The van der Waals surface area contributed by atoms with Crippen molar-refractivity contribution in [1.82, 2.24) is 19.8 Å². The first-order chi connectivity index (χ1) is 14.7. The monoisotopic (exact) mass is 422 g/mol. The van der Waals surface area contributed by atoms with Gasteiger partial charge < -0.3 is 24.3 Å². The molecule has 6 nitrogen and oxygen atoms in total. The summed E-state index contributed by atoms with van der Waals surface area (Å²) in [6.07, 6.45) is 3.90. The van der Waals surface area contributed by atoms with Gasteiger partial charge in [0.15, 0.2) is 5.11 Å². The van der Waals surface area contributed by atoms with Crippen LogP contribution in [0.3, 0.4) is 0 Å². The number of thiocarbonyl (C=S) groups is 1. The van der Waals surface area contributed by atoms with Crippen molar-refractivity contribution in [3.05, 3.63) is 78.4 Å². The number of hydrogen-bond acceptors (Lipinski definition) is 4. The highest BCUT2D eigenvalue weighted by Gasteiger charge is 2.41. The number of nitrogens with zero attached hydrogens (tertiary/aromatic N) is 3. The normalized spacial score (nSPS) is 18.5. The van der Waals surface area contributed by atoms with Gasteiger partial charge in [0, 0.05) is 37.4 Å². The van der Waals surface area contributed by atoms with E-state index >= 15 is 0 Å². The highest BCUT2D eigenvalue weighted by Crippen LogP contribution is 2.39. The van der Waals surface area contributed by atoms with Gasteiger partial charge in [0.2, 0.25) is 0 Å². The van der Waals surface area contributed by atoms with Gasteiger partial charge in [-0.2, -0.15) is 0 Å². The molecule has 3 aromatic rings. The van der Waals surface area contributed by atoms with Crippen molar-refractivity contribution in [1.29, 1.82) is 0 Å². The molecule has 1 aromatic carbocycles. The molecule has 1 aliphatic rings. The lowest BCUT2D eigenvalue weighted by Gasteiger charge is -2.28. The number of ether oxygens (including phenoxy) is 2. The van der Waals surface area contributed by atoms with E-state index in [0.29, 0.717) is 24.9 Å². The summed E-state index contributed by atoms with van der Waals surface area (Å²) in [5, 5.41) is 4.19. The summed E-state index contributed by atoms with van der Waals surface area (Å²) >= 11 is 5.69. The Morgan fingerprint density at radius 2 is 1.93 bits per heavy atom. The summed E-state index contributed by atoms with van der Waals surface area (Å²) in [6, 6.07) is 18.3. The molecule has 30 heavy (non-hydrogen) atoms. The smallest absolute Gasteiger partial charge is 0.170 e. The van der Waals surface area contributed by atoms with Crippen LogP contribution in [0.1, 0.15) is 30.4 Å². The zero-order valence-corrected chi connectivity index (χ0v) is 18.0. The molecule has 0 unspecified atom stereocenters. The third-order valence-corrected chi connectivity index (χ3v) is 5.60. The van der Waals surface area contributed by atoms with Crippen LogP contribution in [0.4, 0.5) is 0 Å². The van der Waals surface area contributed by atoms with E-state index < -0.39 is 0 Å². The van der Waals surface area contributed by atoms with Crippen molar-refractivity contribution >= 4 is 17.3 Å². The third-order valence-electron chi connectivity index (χ3n) is 5.24. The van der Waals surface area contributed by atoms with E-state index in [1.54, 1.807) is 7.11 Å². The molecule has 7 heteroatoms. The highest BCUT2D eigenvalue weighted by molar-refractivity contribution is 7.80. The number of benzene rings is 1. The Morgan fingerprint density at radius 1 is 1.10 bits per heavy atom. The van der Waals surface area contributed by atoms with Gasteiger partial charge in [0.05, 0.1) is 31.0 Å². The lowest BCUT2D eigenvalue weighted by Crippen LogP contribution is -2.33. The number of methoxy groups -OCH3 is 1.